The zero-order valence-electron chi connectivity index (χ0n) is 12.4. The number of H-pyrrole nitrogens is 1. The third-order valence-electron chi connectivity index (χ3n) is 3.40. The number of anilines is 1. The first kappa shape index (κ1) is 14.1. The molecule has 1 aromatic rings. The molecule has 5 heteroatoms. The zero-order chi connectivity index (χ0) is 14.3. The van der Waals surface area contributed by atoms with Crippen molar-refractivity contribution >= 4 is 5.95 Å². The number of hydrogen-bond acceptors (Lipinski definition) is 4. The fourth-order valence-corrected chi connectivity index (χ4v) is 3.27. The predicted molar refractivity (Wildman–Crippen MR) is 77.5 cm³/mol. The molecule has 19 heavy (non-hydrogen) atoms. The highest BCUT2D eigenvalue weighted by atomic mass is 16.1. The molecule has 1 aromatic heterocycles. The molecule has 0 aromatic carbocycles. The standard InChI is InChI=1S/C14H24N4O/c1-9-6-11(19)17-12(15-9)16-10-7-13(2,3)18-14(4,5)8-10/h6,10,18H,7-8H2,1-5H3,(H2,15,16,17,19). The van der Waals surface area contributed by atoms with Gasteiger partial charge in [0.2, 0.25) is 5.95 Å². The lowest BCUT2D eigenvalue weighted by Crippen LogP contribution is -2.60. The Hall–Kier alpha value is -1.36. The predicted octanol–water partition coefficient (Wildman–Crippen LogP) is 1.80. The van der Waals surface area contributed by atoms with Crippen LogP contribution in [0.1, 0.15) is 46.2 Å². The molecule has 0 radical (unpaired) electrons. The molecule has 0 bridgehead atoms. The fraction of sp³-hybridized carbons (Fsp3) is 0.714. The van der Waals surface area contributed by atoms with E-state index >= 15 is 0 Å². The summed E-state index contributed by atoms with van der Waals surface area (Å²) < 4.78 is 0. The number of aromatic amines is 1. The Labute approximate surface area is 114 Å². The molecule has 106 valence electrons. The highest BCUT2D eigenvalue weighted by Crippen LogP contribution is 2.29. The van der Waals surface area contributed by atoms with E-state index in [9.17, 15) is 4.79 Å². The SMILES string of the molecule is Cc1cc(=O)[nH]c(NC2CC(C)(C)NC(C)(C)C2)n1. The van der Waals surface area contributed by atoms with Gasteiger partial charge in [0.25, 0.3) is 5.56 Å². The minimum atomic E-state index is -0.109. The summed E-state index contributed by atoms with van der Waals surface area (Å²) in [6.07, 6.45) is 1.99. The molecule has 0 unspecified atom stereocenters. The van der Waals surface area contributed by atoms with Crippen LogP contribution in [0.15, 0.2) is 10.9 Å². The molecule has 0 atom stereocenters. The second-order valence-corrected chi connectivity index (χ2v) is 6.88. The Morgan fingerprint density at radius 2 is 1.84 bits per heavy atom. The number of aryl methyl sites for hydroxylation is 1. The van der Waals surface area contributed by atoms with Gasteiger partial charge >= 0.3 is 0 Å². The van der Waals surface area contributed by atoms with Crippen LogP contribution in [0, 0.1) is 6.92 Å². The van der Waals surface area contributed by atoms with Crippen molar-refractivity contribution in [3.05, 3.63) is 22.1 Å². The maximum absolute atomic E-state index is 11.5. The van der Waals surface area contributed by atoms with Crippen molar-refractivity contribution in [3.8, 4) is 0 Å². The Balaban J connectivity index is 2.16. The summed E-state index contributed by atoms with van der Waals surface area (Å²) >= 11 is 0. The maximum Gasteiger partial charge on any atom is 0.252 e. The van der Waals surface area contributed by atoms with E-state index in [2.05, 4.69) is 48.3 Å². The van der Waals surface area contributed by atoms with E-state index in [4.69, 9.17) is 0 Å². The van der Waals surface area contributed by atoms with Crippen molar-refractivity contribution in [1.29, 1.82) is 0 Å². The summed E-state index contributed by atoms with van der Waals surface area (Å²) in [4.78, 5) is 18.5. The summed E-state index contributed by atoms with van der Waals surface area (Å²) in [5.41, 5.74) is 0.772. The van der Waals surface area contributed by atoms with Gasteiger partial charge in [0.1, 0.15) is 0 Å². The second-order valence-electron chi connectivity index (χ2n) is 6.88. The molecule has 3 N–H and O–H groups in total. The lowest BCUT2D eigenvalue weighted by molar-refractivity contribution is 0.170. The van der Waals surface area contributed by atoms with E-state index in [1.807, 2.05) is 6.92 Å². The van der Waals surface area contributed by atoms with Crippen LogP contribution in [0.3, 0.4) is 0 Å². The van der Waals surface area contributed by atoms with Crippen LogP contribution >= 0.6 is 0 Å². The highest BCUT2D eigenvalue weighted by Gasteiger charge is 2.37. The third kappa shape index (κ3) is 3.80. The summed E-state index contributed by atoms with van der Waals surface area (Å²) in [7, 11) is 0. The van der Waals surface area contributed by atoms with Gasteiger partial charge in [0.05, 0.1) is 0 Å². The molecule has 0 spiro atoms. The summed E-state index contributed by atoms with van der Waals surface area (Å²) in [6.45, 7) is 10.6. The largest absolute Gasteiger partial charge is 0.353 e. The minimum Gasteiger partial charge on any atom is -0.353 e. The first-order valence-electron chi connectivity index (χ1n) is 6.79. The Kier molecular flexibility index (Phi) is 3.43. The first-order valence-corrected chi connectivity index (χ1v) is 6.79. The summed E-state index contributed by atoms with van der Waals surface area (Å²) in [5.74, 6) is 0.573. The van der Waals surface area contributed by atoms with Gasteiger partial charge in [-0.25, -0.2) is 4.98 Å². The van der Waals surface area contributed by atoms with Crippen LogP contribution in [0.25, 0.3) is 0 Å². The molecule has 2 rings (SSSR count). The molecule has 2 heterocycles. The van der Waals surface area contributed by atoms with E-state index in [1.165, 1.54) is 6.07 Å². The average molecular weight is 264 g/mol. The van der Waals surface area contributed by atoms with E-state index in [-0.39, 0.29) is 16.6 Å². The van der Waals surface area contributed by atoms with Crippen molar-refractivity contribution in [2.24, 2.45) is 0 Å². The lowest BCUT2D eigenvalue weighted by Gasteiger charge is -2.46. The van der Waals surface area contributed by atoms with E-state index < -0.39 is 0 Å². The molecule has 0 amide bonds. The molecule has 0 aliphatic carbocycles. The molecule has 1 aliphatic rings. The molecular formula is C14H24N4O. The Morgan fingerprint density at radius 3 is 2.37 bits per heavy atom. The first-order chi connectivity index (χ1) is 8.65. The minimum absolute atomic E-state index is 0.0730. The molecule has 1 aliphatic heterocycles. The monoisotopic (exact) mass is 264 g/mol. The van der Waals surface area contributed by atoms with Crippen LogP contribution in [0.2, 0.25) is 0 Å². The van der Waals surface area contributed by atoms with Crippen LogP contribution in [-0.4, -0.2) is 27.1 Å². The Bertz CT molecular complexity index is 502. The van der Waals surface area contributed by atoms with Crippen molar-refractivity contribution < 1.29 is 0 Å². The maximum atomic E-state index is 11.5. The van der Waals surface area contributed by atoms with Crippen molar-refractivity contribution in [1.82, 2.24) is 15.3 Å². The van der Waals surface area contributed by atoms with Crippen LogP contribution < -0.4 is 16.2 Å². The normalized spacial score (nSPS) is 22.2. The van der Waals surface area contributed by atoms with Gasteiger partial charge in [-0.3, -0.25) is 9.78 Å². The van der Waals surface area contributed by atoms with Crippen molar-refractivity contribution in [2.75, 3.05) is 5.32 Å². The van der Waals surface area contributed by atoms with Crippen LogP contribution in [0.4, 0.5) is 5.95 Å². The van der Waals surface area contributed by atoms with Gasteiger partial charge in [-0.1, -0.05) is 0 Å². The number of nitrogens with zero attached hydrogens (tertiary/aromatic N) is 1. The molecule has 1 fully saturated rings. The van der Waals surface area contributed by atoms with E-state index in [0.29, 0.717) is 12.0 Å². The van der Waals surface area contributed by atoms with Gasteiger partial charge in [-0.2, -0.15) is 0 Å². The topological polar surface area (TPSA) is 69.8 Å². The third-order valence-corrected chi connectivity index (χ3v) is 3.40. The Morgan fingerprint density at radius 1 is 1.26 bits per heavy atom. The van der Waals surface area contributed by atoms with Crippen molar-refractivity contribution in [3.63, 3.8) is 0 Å². The second kappa shape index (κ2) is 4.63. The molecule has 1 saturated heterocycles. The van der Waals surface area contributed by atoms with Crippen LogP contribution in [-0.2, 0) is 0 Å². The average Bonchev–Trinajstić information content (AvgIpc) is 2.08. The number of aromatic nitrogens is 2. The number of nitrogens with one attached hydrogen (secondary N) is 3. The fourth-order valence-electron chi connectivity index (χ4n) is 3.27. The highest BCUT2D eigenvalue weighted by molar-refractivity contribution is 5.27. The van der Waals surface area contributed by atoms with Gasteiger partial charge in [-0.15, -0.1) is 0 Å². The molecular weight excluding hydrogens is 240 g/mol. The van der Waals surface area contributed by atoms with Crippen molar-refractivity contribution in [2.45, 2.75) is 64.6 Å². The lowest BCUT2D eigenvalue weighted by atomic mass is 9.80. The smallest absolute Gasteiger partial charge is 0.252 e. The number of piperidine rings is 1. The van der Waals surface area contributed by atoms with E-state index in [0.717, 1.165) is 18.5 Å². The molecule has 5 nitrogen and oxygen atoms in total. The van der Waals surface area contributed by atoms with Gasteiger partial charge in [0.15, 0.2) is 0 Å². The van der Waals surface area contributed by atoms with Crippen LogP contribution in [0.5, 0.6) is 0 Å². The van der Waals surface area contributed by atoms with E-state index in [1.54, 1.807) is 0 Å². The van der Waals surface area contributed by atoms with Gasteiger partial charge in [0, 0.05) is 28.9 Å². The van der Waals surface area contributed by atoms with Gasteiger partial charge < -0.3 is 10.6 Å². The number of hydrogen-bond donors (Lipinski definition) is 3. The summed E-state index contributed by atoms with van der Waals surface area (Å²) in [6, 6.07) is 1.80. The quantitative estimate of drug-likeness (QED) is 0.762. The zero-order valence-corrected chi connectivity index (χ0v) is 12.4. The number of rotatable bonds is 2. The summed E-state index contributed by atoms with van der Waals surface area (Å²) in [5, 5.41) is 7.01. The van der Waals surface area contributed by atoms with Gasteiger partial charge in [-0.05, 0) is 47.5 Å². The molecule has 0 saturated carbocycles.